The molecule has 0 bridgehead atoms. The van der Waals surface area contributed by atoms with Crippen LogP contribution in [0.15, 0.2) is 24.3 Å². The normalized spacial score (nSPS) is 11.0. The number of aryl methyl sites for hydroxylation is 1. The number of thioether (sulfide) groups is 1. The molecule has 0 atom stereocenters. The fraction of sp³-hybridized carbons (Fsp3) is 0.714. The van der Waals surface area contributed by atoms with Gasteiger partial charge in [-0.15, -0.1) is 0 Å². The maximum absolute atomic E-state index is 13.5. The van der Waals surface area contributed by atoms with Crippen LogP contribution in [-0.4, -0.2) is 11.5 Å². The summed E-state index contributed by atoms with van der Waals surface area (Å²) in [5.41, 5.74) is 0.879. The van der Waals surface area contributed by atoms with Crippen molar-refractivity contribution in [2.24, 2.45) is 0 Å². The smallest absolute Gasteiger partial charge is 0.126 e. The van der Waals surface area contributed by atoms with Gasteiger partial charge in [0, 0.05) is 0 Å². The summed E-state index contributed by atoms with van der Waals surface area (Å²) in [4.78, 5) is 0. The van der Waals surface area contributed by atoms with E-state index in [0.717, 1.165) is 18.4 Å². The van der Waals surface area contributed by atoms with Gasteiger partial charge in [0.1, 0.15) is 5.82 Å². The number of hydrogen-bond donors (Lipinski definition) is 0. The van der Waals surface area contributed by atoms with Crippen molar-refractivity contribution in [1.82, 2.24) is 0 Å². The van der Waals surface area contributed by atoms with E-state index in [1.807, 2.05) is 12.1 Å². The molecule has 0 nitrogen and oxygen atoms in total. The number of hydrogen-bond acceptors (Lipinski definition) is 1. The standard InChI is InChI=1S/C21H35FS/c1-2-18-23-19-14-10-8-6-4-3-5-7-9-11-15-20-16-12-13-17-21(20)22/h12-13,16-17H,2-11,14-15,18-19H2,1H3. The van der Waals surface area contributed by atoms with Crippen LogP contribution in [0.3, 0.4) is 0 Å². The molecule has 0 radical (unpaired) electrons. The van der Waals surface area contributed by atoms with Gasteiger partial charge < -0.3 is 0 Å². The van der Waals surface area contributed by atoms with E-state index in [1.165, 1.54) is 75.7 Å². The molecule has 0 aromatic heterocycles. The molecule has 0 fully saturated rings. The van der Waals surface area contributed by atoms with Gasteiger partial charge in [0.05, 0.1) is 0 Å². The van der Waals surface area contributed by atoms with Gasteiger partial charge in [0.25, 0.3) is 0 Å². The maximum Gasteiger partial charge on any atom is 0.126 e. The molecule has 0 saturated heterocycles. The summed E-state index contributed by atoms with van der Waals surface area (Å²) >= 11 is 2.11. The third-order valence-electron chi connectivity index (χ3n) is 4.29. The molecule has 0 aliphatic carbocycles. The van der Waals surface area contributed by atoms with Gasteiger partial charge in [-0.05, 0) is 48.8 Å². The van der Waals surface area contributed by atoms with Crippen LogP contribution in [-0.2, 0) is 6.42 Å². The second kappa shape index (κ2) is 15.1. The third kappa shape index (κ3) is 11.6. The second-order valence-electron chi connectivity index (χ2n) is 6.49. The van der Waals surface area contributed by atoms with Gasteiger partial charge in [-0.1, -0.05) is 76.5 Å². The van der Waals surface area contributed by atoms with E-state index in [2.05, 4.69) is 18.7 Å². The van der Waals surface area contributed by atoms with Gasteiger partial charge in [-0.3, -0.25) is 0 Å². The van der Waals surface area contributed by atoms with Crippen LogP contribution in [0.1, 0.15) is 83.1 Å². The summed E-state index contributed by atoms with van der Waals surface area (Å²) < 4.78 is 13.5. The molecule has 1 rings (SSSR count). The largest absolute Gasteiger partial charge is 0.207 e. The molecule has 1 aromatic rings. The number of unbranched alkanes of at least 4 members (excludes halogenated alkanes) is 9. The zero-order chi connectivity index (χ0) is 16.6. The maximum atomic E-state index is 13.5. The highest BCUT2D eigenvalue weighted by Crippen LogP contribution is 2.14. The number of halogens is 1. The first kappa shape index (κ1) is 20.5. The summed E-state index contributed by atoms with van der Waals surface area (Å²) in [6.45, 7) is 2.26. The van der Waals surface area contributed by atoms with Gasteiger partial charge in [-0.25, -0.2) is 4.39 Å². The first-order chi connectivity index (χ1) is 11.3. The minimum Gasteiger partial charge on any atom is -0.207 e. The lowest BCUT2D eigenvalue weighted by Crippen LogP contribution is -1.90. The molecule has 0 spiro atoms. The fourth-order valence-electron chi connectivity index (χ4n) is 2.88. The Morgan fingerprint density at radius 2 is 1.30 bits per heavy atom. The number of rotatable bonds is 15. The average Bonchev–Trinajstić information content (AvgIpc) is 2.57. The Labute approximate surface area is 147 Å². The van der Waals surface area contributed by atoms with Crippen molar-refractivity contribution in [3.63, 3.8) is 0 Å². The summed E-state index contributed by atoms with van der Waals surface area (Å²) in [6, 6.07) is 7.18. The van der Waals surface area contributed by atoms with Crippen LogP contribution >= 0.6 is 11.8 Å². The van der Waals surface area contributed by atoms with Crippen molar-refractivity contribution < 1.29 is 4.39 Å². The summed E-state index contributed by atoms with van der Waals surface area (Å²) in [6.07, 6.45) is 15.6. The van der Waals surface area contributed by atoms with Crippen molar-refractivity contribution in [2.75, 3.05) is 11.5 Å². The van der Waals surface area contributed by atoms with Crippen LogP contribution in [0.5, 0.6) is 0 Å². The topological polar surface area (TPSA) is 0 Å². The van der Waals surface area contributed by atoms with Crippen molar-refractivity contribution in [1.29, 1.82) is 0 Å². The Morgan fingerprint density at radius 3 is 1.91 bits per heavy atom. The predicted octanol–water partition coefficient (Wildman–Crippen LogP) is 7.41. The van der Waals surface area contributed by atoms with Gasteiger partial charge in [0.2, 0.25) is 0 Å². The zero-order valence-electron chi connectivity index (χ0n) is 15.0. The lowest BCUT2D eigenvalue weighted by molar-refractivity contribution is 0.551. The van der Waals surface area contributed by atoms with E-state index in [9.17, 15) is 4.39 Å². The molecule has 0 unspecified atom stereocenters. The molecular formula is C21H35FS. The van der Waals surface area contributed by atoms with Crippen LogP contribution in [0.2, 0.25) is 0 Å². The average molecular weight is 339 g/mol. The second-order valence-corrected chi connectivity index (χ2v) is 7.71. The molecule has 0 aliphatic heterocycles. The van der Waals surface area contributed by atoms with Gasteiger partial charge in [0.15, 0.2) is 0 Å². The zero-order valence-corrected chi connectivity index (χ0v) is 15.8. The first-order valence-corrected chi connectivity index (χ1v) is 10.8. The molecule has 2 heteroatoms. The van der Waals surface area contributed by atoms with Crippen molar-refractivity contribution in [3.05, 3.63) is 35.6 Å². The molecule has 0 N–H and O–H groups in total. The molecule has 0 aliphatic rings. The summed E-state index contributed by atoms with van der Waals surface area (Å²) in [5, 5.41) is 0. The minimum atomic E-state index is -0.0411. The third-order valence-corrected chi connectivity index (χ3v) is 5.57. The lowest BCUT2D eigenvalue weighted by atomic mass is 10.0. The molecule has 0 amide bonds. The highest BCUT2D eigenvalue weighted by molar-refractivity contribution is 7.99. The first-order valence-electron chi connectivity index (χ1n) is 9.65. The highest BCUT2D eigenvalue weighted by Gasteiger charge is 2.00. The predicted molar refractivity (Wildman–Crippen MR) is 104 cm³/mol. The molecule has 0 heterocycles. The van der Waals surface area contributed by atoms with E-state index in [4.69, 9.17) is 0 Å². The molecule has 23 heavy (non-hydrogen) atoms. The lowest BCUT2D eigenvalue weighted by Gasteiger charge is -2.04. The molecule has 1 aromatic carbocycles. The van der Waals surface area contributed by atoms with Gasteiger partial charge in [-0.2, -0.15) is 11.8 Å². The Balaban J connectivity index is 1.79. The Kier molecular flexibility index (Phi) is 13.4. The van der Waals surface area contributed by atoms with E-state index < -0.39 is 0 Å². The highest BCUT2D eigenvalue weighted by atomic mass is 32.2. The van der Waals surface area contributed by atoms with Crippen molar-refractivity contribution in [2.45, 2.75) is 84.0 Å². The Morgan fingerprint density at radius 1 is 0.739 bits per heavy atom. The van der Waals surface area contributed by atoms with Crippen LogP contribution in [0.25, 0.3) is 0 Å². The minimum absolute atomic E-state index is 0.0411. The van der Waals surface area contributed by atoms with Crippen molar-refractivity contribution in [3.8, 4) is 0 Å². The molecular weight excluding hydrogens is 303 g/mol. The van der Waals surface area contributed by atoms with E-state index in [0.29, 0.717) is 0 Å². The van der Waals surface area contributed by atoms with Crippen molar-refractivity contribution >= 4 is 11.8 Å². The summed E-state index contributed by atoms with van der Waals surface area (Å²) in [7, 11) is 0. The van der Waals surface area contributed by atoms with Crippen LogP contribution in [0, 0.1) is 5.82 Å². The Bertz CT molecular complexity index is 378. The van der Waals surface area contributed by atoms with E-state index >= 15 is 0 Å². The Hall–Kier alpha value is -0.500. The van der Waals surface area contributed by atoms with Gasteiger partial charge >= 0.3 is 0 Å². The fourth-order valence-corrected chi connectivity index (χ4v) is 3.78. The van der Waals surface area contributed by atoms with Crippen LogP contribution < -0.4 is 0 Å². The van der Waals surface area contributed by atoms with E-state index in [-0.39, 0.29) is 5.82 Å². The molecule has 132 valence electrons. The van der Waals surface area contributed by atoms with E-state index in [1.54, 1.807) is 12.1 Å². The quantitative estimate of drug-likeness (QED) is 0.300. The van der Waals surface area contributed by atoms with Crippen LogP contribution in [0.4, 0.5) is 4.39 Å². The number of benzene rings is 1. The monoisotopic (exact) mass is 338 g/mol. The summed E-state index contributed by atoms with van der Waals surface area (Å²) in [5.74, 6) is 2.65. The SMILES string of the molecule is CCCSCCCCCCCCCCCCc1ccccc1F. The molecule has 0 saturated carbocycles.